The minimum atomic E-state index is 0.507. The van der Waals surface area contributed by atoms with Crippen LogP contribution in [-0.4, -0.2) is 36.1 Å². The lowest BCUT2D eigenvalue weighted by Gasteiger charge is -2.41. The van der Waals surface area contributed by atoms with E-state index in [0.717, 1.165) is 12.1 Å². The Labute approximate surface area is 101 Å². The van der Waals surface area contributed by atoms with Crippen LogP contribution < -0.4 is 5.32 Å². The van der Waals surface area contributed by atoms with Gasteiger partial charge in [-0.15, -0.1) is 0 Å². The van der Waals surface area contributed by atoms with Gasteiger partial charge in [0.05, 0.1) is 0 Å². The molecule has 94 valence electrons. The maximum atomic E-state index is 3.69. The van der Waals surface area contributed by atoms with Gasteiger partial charge in [0.25, 0.3) is 0 Å². The molecule has 2 fully saturated rings. The molecule has 0 spiro atoms. The summed E-state index contributed by atoms with van der Waals surface area (Å²) in [6.07, 6.45) is 5.63. The normalized spacial score (nSPS) is 30.0. The van der Waals surface area contributed by atoms with Crippen molar-refractivity contribution in [3.05, 3.63) is 0 Å². The molecule has 1 saturated carbocycles. The second-order valence-corrected chi connectivity index (χ2v) is 6.82. The predicted molar refractivity (Wildman–Crippen MR) is 69.7 cm³/mol. The summed E-state index contributed by atoms with van der Waals surface area (Å²) in [6, 6.07) is 2.30. The molecule has 2 heteroatoms. The number of hydrogen-bond acceptors (Lipinski definition) is 2. The highest BCUT2D eigenvalue weighted by Gasteiger charge is 2.34. The van der Waals surface area contributed by atoms with E-state index in [1.54, 1.807) is 0 Å². The van der Waals surface area contributed by atoms with E-state index in [-0.39, 0.29) is 0 Å². The lowest BCUT2D eigenvalue weighted by Crippen LogP contribution is -2.49. The largest absolute Gasteiger partial charge is 0.312 e. The van der Waals surface area contributed by atoms with Crippen molar-refractivity contribution in [2.24, 2.45) is 5.41 Å². The number of hydrogen-bond donors (Lipinski definition) is 1. The van der Waals surface area contributed by atoms with Gasteiger partial charge >= 0.3 is 0 Å². The maximum absolute atomic E-state index is 3.69. The lowest BCUT2D eigenvalue weighted by atomic mass is 9.88. The van der Waals surface area contributed by atoms with Crippen LogP contribution in [0.2, 0.25) is 0 Å². The summed E-state index contributed by atoms with van der Waals surface area (Å²) in [5.74, 6) is 0. The third-order valence-corrected chi connectivity index (χ3v) is 4.31. The van der Waals surface area contributed by atoms with Crippen LogP contribution in [0.25, 0.3) is 0 Å². The van der Waals surface area contributed by atoms with Crippen molar-refractivity contribution < 1.29 is 0 Å². The predicted octanol–water partition coefficient (Wildman–Crippen LogP) is 2.64. The Balaban J connectivity index is 1.86. The second-order valence-electron chi connectivity index (χ2n) is 6.82. The Hall–Kier alpha value is -0.0800. The minimum absolute atomic E-state index is 0.507. The first kappa shape index (κ1) is 12.4. The highest BCUT2D eigenvalue weighted by molar-refractivity contribution is 4.92. The summed E-state index contributed by atoms with van der Waals surface area (Å²) in [5.41, 5.74) is 0.507. The fraction of sp³-hybridized carbons (Fsp3) is 1.00. The summed E-state index contributed by atoms with van der Waals surface area (Å²) in [5, 5.41) is 3.69. The van der Waals surface area contributed by atoms with Crippen LogP contribution in [0.5, 0.6) is 0 Å². The first-order chi connectivity index (χ1) is 7.48. The Morgan fingerprint density at radius 2 is 2.00 bits per heavy atom. The van der Waals surface area contributed by atoms with Gasteiger partial charge in [-0.25, -0.2) is 0 Å². The van der Waals surface area contributed by atoms with Gasteiger partial charge in [0.1, 0.15) is 0 Å². The van der Waals surface area contributed by atoms with Crippen molar-refractivity contribution in [3.63, 3.8) is 0 Å². The molecule has 1 N–H and O–H groups in total. The Bertz CT molecular complexity index is 231. The molecule has 0 aromatic carbocycles. The van der Waals surface area contributed by atoms with Crippen molar-refractivity contribution in [2.45, 2.75) is 71.5 Å². The van der Waals surface area contributed by atoms with E-state index >= 15 is 0 Å². The molecule has 0 amide bonds. The van der Waals surface area contributed by atoms with Crippen molar-refractivity contribution in [1.82, 2.24) is 10.2 Å². The van der Waals surface area contributed by atoms with Crippen molar-refractivity contribution in [3.8, 4) is 0 Å². The molecule has 0 radical (unpaired) electrons. The van der Waals surface area contributed by atoms with Crippen molar-refractivity contribution in [1.29, 1.82) is 0 Å². The van der Waals surface area contributed by atoms with Gasteiger partial charge in [0.15, 0.2) is 0 Å². The summed E-state index contributed by atoms with van der Waals surface area (Å²) >= 11 is 0. The second kappa shape index (κ2) is 4.66. The molecule has 0 aromatic heterocycles. The number of nitrogens with one attached hydrogen (secondary N) is 1. The molecule has 2 rings (SSSR count). The zero-order valence-electron chi connectivity index (χ0n) is 11.4. The Kier molecular flexibility index (Phi) is 3.60. The van der Waals surface area contributed by atoms with Crippen LogP contribution in [0.1, 0.15) is 53.4 Å². The van der Waals surface area contributed by atoms with Crippen molar-refractivity contribution >= 4 is 0 Å². The van der Waals surface area contributed by atoms with Gasteiger partial charge < -0.3 is 5.32 Å². The van der Waals surface area contributed by atoms with Gasteiger partial charge in [-0.3, -0.25) is 4.90 Å². The molecule has 1 aliphatic carbocycles. The lowest BCUT2D eigenvalue weighted by molar-refractivity contribution is 0.0841. The van der Waals surface area contributed by atoms with E-state index in [9.17, 15) is 0 Å². The summed E-state index contributed by atoms with van der Waals surface area (Å²) < 4.78 is 0. The third kappa shape index (κ3) is 2.78. The molecule has 0 aromatic rings. The molecule has 1 saturated heterocycles. The van der Waals surface area contributed by atoms with E-state index in [0.29, 0.717) is 11.5 Å². The molecule has 2 nitrogen and oxygen atoms in total. The molecular weight excluding hydrogens is 196 g/mol. The van der Waals surface area contributed by atoms with Gasteiger partial charge in [-0.1, -0.05) is 20.3 Å². The first-order valence-corrected chi connectivity index (χ1v) is 6.97. The summed E-state index contributed by atoms with van der Waals surface area (Å²) in [7, 11) is 0. The molecule has 2 aliphatic rings. The Morgan fingerprint density at radius 3 is 2.38 bits per heavy atom. The quantitative estimate of drug-likeness (QED) is 0.790. The third-order valence-electron chi connectivity index (χ3n) is 4.31. The molecule has 16 heavy (non-hydrogen) atoms. The smallest absolute Gasteiger partial charge is 0.0201 e. The number of nitrogens with zero attached hydrogens (tertiary/aromatic N) is 1. The fourth-order valence-corrected chi connectivity index (χ4v) is 3.12. The standard InChI is InChI=1S/C14H28N2/c1-11(2)16(13-6-5-7-13)9-12-8-14(3,4)10-15-12/h11-13,15H,5-10H2,1-4H3. The van der Waals surface area contributed by atoms with Gasteiger partial charge in [-0.05, 0) is 38.5 Å². The minimum Gasteiger partial charge on any atom is -0.312 e. The molecule has 1 aliphatic heterocycles. The van der Waals surface area contributed by atoms with Gasteiger partial charge in [0, 0.05) is 31.2 Å². The highest BCUT2D eigenvalue weighted by Crippen LogP contribution is 2.31. The molecule has 1 atom stereocenters. The van der Waals surface area contributed by atoms with Crippen molar-refractivity contribution in [2.75, 3.05) is 13.1 Å². The molecule has 1 unspecified atom stereocenters. The zero-order chi connectivity index (χ0) is 11.8. The first-order valence-electron chi connectivity index (χ1n) is 6.97. The zero-order valence-corrected chi connectivity index (χ0v) is 11.4. The van der Waals surface area contributed by atoms with Crippen LogP contribution in [0.4, 0.5) is 0 Å². The van der Waals surface area contributed by atoms with Gasteiger partial charge in [0.2, 0.25) is 0 Å². The van der Waals surface area contributed by atoms with Crippen LogP contribution >= 0.6 is 0 Å². The van der Waals surface area contributed by atoms with Crippen LogP contribution in [0.3, 0.4) is 0 Å². The van der Waals surface area contributed by atoms with E-state index in [4.69, 9.17) is 0 Å². The van der Waals surface area contributed by atoms with Crippen LogP contribution in [0.15, 0.2) is 0 Å². The highest BCUT2D eigenvalue weighted by atomic mass is 15.2. The van der Waals surface area contributed by atoms with E-state index < -0.39 is 0 Å². The monoisotopic (exact) mass is 224 g/mol. The van der Waals surface area contributed by atoms with E-state index in [1.807, 2.05) is 0 Å². The van der Waals surface area contributed by atoms with E-state index in [2.05, 4.69) is 37.9 Å². The average Bonchev–Trinajstić information content (AvgIpc) is 2.41. The average molecular weight is 224 g/mol. The summed E-state index contributed by atoms with van der Waals surface area (Å²) in [4.78, 5) is 2.72. The van der Waals surface area contributed by atoms with Crippen LogP contribution in [0, 0.1) is 5.41 Å². The molecular formula is C14H28N2. The number of rotatable bonds is 4. The summed E-state index contributed by atoms with van der Waals surface area (Å²) in [6.45, 7) is 11.9. The van der Waals surface area contributed by atoms with Crippen LogP contribution in [-0.2, 0) is 0 Å². The Morgan fingerprint density at radius 1 is 1.31 bits per heavy atom. The van der Waals surface area contributed by atoms with Gasteiger partial charge in [-0.2, -0.15) is 0 Å². The molecule has 0 bridgehead atoms. The fourth-order valence-electron chi connectivity index (χ4n) is 3.12. The van der Waals surface area contributed by atoms with E-state index in [1.165, 1.54) is 38.8 Å². The SMILES string of the molecule is CC(C)N(CC1CC(C)(C)CN1)C1CCC1. The maximum Gasteiger partial charge on any atom is 0.0201 e. The molecule has 1 heterocycles. The topological polar surface area (TPSA) is 15.3 Å².